The van der Waals surface area contributed by atoms with Crippen molar-refractivity contribution in [1.29, 1.82) is 0 Å². The Labute approximate surface area is 217 Å². The number of benzene rings is 3. The Hall–Kier alpha value is -3.36. The van der Waals surface area contributed by atoms with Gasteiger partial charge in [0.05, 0.1) is 12.8 Å². The van der Waals surface area contributed by atoms with Crippen LogP contribution in [0.25, 0.3) is 0 Å². The van der Waals surface area contributed by atoms with E-state index in [2.05, 4.69) is 31.8 Å². The van der Waals surface area contributed by atoms with Crippen LogP contribution in [0.4, 0.5) is 5.69 Å². The molecule has 0 fully saturated rings. The van der Waals surface area contributed by atoms with Gasteiger partial charge in [-0.3, -0.25) is 9.59 Å². The average molecular weight is 559 g/mol. The van der Waals surface area contributed by atoms with Crippen LogP contribution in [0.1, 0.15) is 30.0 Å². The van der Waals surface area contributed by atoms with E-state index in [1.54, 1.807) is 36.4 Å². The molecule has 182 valence electrons. The summed E-state index contributed by atoms with van der Waals surface area (Å²) >= 11 is 9.47. The van der Waals surface area contributed by atoms with E-state index in [9.17, 15) is 9.59 Å². The van der Waals surface area contributed by atoms with Crippen LogP contribution in [-0.4, -0.2) is 24.6 Å². The molecule has 3 rings (SSSR count). The van der Waals surface area contributed by atoms with Crippen LogP contribution < -0.4 is 20.2 Å². The van der Waals surface area contributed by atoms with Crippen molar-refractivity contribution >= 4 is 51.2 Å². The summed E-state index contributed by atoms with van der Waals surface area (Å²) in [6, 6.07) is 18.4. The number of hydrogen-bond donors (Lipinski definition) is 2. The average Bonchev–Trinajstić information content (AvgIpc) is 2.82. The van der Waals surface area contributed by atoms with Gasteiger partial charge in [0.2, 0.25) is 11.8 Å². The van der Waals surface area contributed by atoms with E-state index < -0.39 is 11.8 Å². The molecule has 0 aliphatic heterocycles. The summed E-state index contributed by atoms with van der Waals surface area (Å²) in [6.07, 6.45) is 1.09. The van der Waals surface area contributed by atoms with Crippen molar-refractivity contribution in [1.82, 2.24) is 5.43 Å². The molecule has 3 aromatic rings. The summed E-state index contributed by atoms with van der Waals surface area (Å²) in [5.74, 6) is 0.153. The van der Waals surface area contributed by atoms with Gasteiger partial charge in [0.25, 0.3) is 0 Å². The van der Waals surface area contributed by atoms with Gasteiger partial charge in [-0.05, 0) is 73.0 Å². The summed E-state index contributed by atoms with van der Waals surface area (Å²) in [6.45, 7) is 4.61. The van der Waals surface area contributed by atoms with Crippen molar-refractivity contribution in [3.63, 3.8) is 0 Å². The summed E-state index contributed by atoms with van der Waals surface area (Å²) in [7, 11) is 0. The number of rotatable bonds is 10. The first-order valence-electron chi connectivity index (χ1n) is 10.9. The molecular formula is C26H25BrClN3O4. The number of hydrazone groups is 1. The molecule has 7 nitrogen and oxygen atoms in total. The van der Waals surface area contributed by atoms with Gasteiger partial charge in [0.1, 0.15) is 13.0 Å². The highest BCUT2D eigenvalue weighted by Crippen LogP contribution is 2.29. The van der Waals surface area contributed by atoms with E-state index in [4.69, 9.17) is 21.1 Å². The lowest BCUT2D eigenvalue weighted by atomic mass is 10.2. The van der Waals surface area contributed by atoms with Crippen molar-refractivity contribution in [3.05, 3.63) is 86.8 Å². The van der Waals surface area contributed by atoms with E-state index in [1.165, 1.54) is 6.21 Å². The third kappa shape index (κ3) is 8.42. The Kier molecular flexibility index (Phi) is 9.69. The molecule has 0 aliphatic rings. The predicted molar refractivity (Wildman–Crippen MR) is 141 cm³/mol. The first-order valence-corrected chi connectivity index (χ1v) is 12.0. The molecule has 0 radical (unpaired) electrons. The van der Waals surface area contributed by atoms with Crippen LogP contribution in [-0.2, 0) is 16.2 Å². The van der Waals surface area contributed by atoms with E-state index in [1.807, 2.05) is 38.1 Å². The van der Waals surface area contributed by atoms with E-state index in [0.29, 0.717) is 41.0 Å². The van der Waals surface area contributed by atoms with E-state index in [-0.39, 0.29) is 6.42 Å². The van der Waals surface area contributed by atoms with Crippen molar-refractivity contribution in [2.75, 3.05) is 11.9 Å². The van der Waals surface area contributed by atoms with E-state index in [0.717, 1.165) is 15.6 Å². The second kappa shape index (κ2) is 12.9. The molecule has 3 aromatic carbocycles. The number of carbonyl (C=O) groups excluding carboxylic acids is 2. The first kappa shape index (κ1) is 26.2. The molecule has 9 heteroatoms. The largest absolute Gasteiger partial charge is 0.490 e. The highest BCUT2D eigenvalue weighted by atomic mass is 79.9. The minimum absolute atomic E-state index is 0.379. The zero-order chi connectivity index (χ0) is 25.2. The molecule has 0 saturated heterocycles. The fraction of sp³-hybridized carbons (Fsp3) is 0.192. The fourth-order valence-corrected chi connectivity index (χ4v) is 3.42. The number of carbonyl (C=O) groups is 2. The molecule has 0 heterocycles. The molecule has 2 N–H and O–H groups in total. The number of nitrogens with zero attached hydrogens (tertiary/aromatic N) is 1. The second-order valence-corrected chi connectivity index (χ2v) is 8.86. The Morgan fingerprint density at radius 3 is 2.49 bits per heavy atom. The lowest BCUT2D eigenvalue weighted by Crippen LogP contribution is -2.24. The maximum Gasteiger partial charge on any atom is 0.249 e. The topological polar surface area (TPSA) is 89.0 Å². The summed E-state index contributed by atoms with van der Waals surface area (Å²) in [4.78, 5) is 24.1. The minimum atomic E-state index is -0.545. The molecule has 0 saturated carbocycles. The standard InChI is InChI=1S/C26H25BrClN3O4/c1-3-34-24-12-19(7-11-23(24)35-16-18-5-8-20(27)9-6-18)15-29-31-26(33)14-25(32)30-21-10-4-17(2)22(28)13-21/h4-13,15H,3,14,16H2,1-2H3,(H,30,32)(H,31,33). The Balaban J connectivity index is 1.53. The Morgan fingerprint density at radius 1 is 1.00 bits per heavy atom. The molecule has 0 spiro atoms. The third-order valence-electron chi connectivity index (χ3n) is 4.75. The predicted octanol–water partition coefficient (Wildman–Crippen LogP) is 5.87. The van der Waals surface area contributed by atoms with Gasteiger partial charge in [0, 0.05) is 15.2 Å². The van der Waals surface area contributed by atoms with Crippen LogP contribution in [0.3, 0.4) is 0 Å². The normalized spacial score (nSPS) is 10.7. The SMILES string of the molecule is CCOc1cc(C=NNC(=O)CC(=O)Nc2ccc(C)c(Cl)c2)ccc1OCc1ccc(Br)cc1. The molecule has 0 aromatic heterocycles. The molecule has 2 amide bonds. The number of aryl methyl sites for hydroxylation is 1. The number of hydrogen-bond acceptors (Lipinski definition) is 5. The van der Waals surface area contributed by atoms with Gasteiger partial charge >= 0.3 is 0 Å². The highest BCUT2D eigenvalue weighted by Gasteiger charge is 2.10. The first-order chi connectivity index (χ1) is 16.8. The second-order valence-electron chi connectivity index (χ2n) is 7.54. The maximum absolute atomic E-state index is 12.1. The number of halogens is 2. The molecule has 0 unspecified atom stereocenters. The maximum atomic E-state index is 12.1. The quantitative estimate of drug-likeness (QED) is 0.185. The Morgan fingerprint density at radius 2 is 1.77 bits per heavy atom. The lowest BCUT2D eigenvalue weighted by Gasteiger charge is -2.12. The van der Waals surface area contributed by atoms with Crippen LogP contribution in [0.5, 0.6) is 11.5 Å². The van der Waals surface area contributed by atoms with Crippen LogP contribution in [0.2, 0.25) is 5.02 Å². The van der Waals surface area contributed by atoms with Crippen LogP contribution >= 0.6 is 27.5 Å². The minimum Gasteiger partial charge on any atom is -0.490 e. The van der Waals surface area contributed by atoms with E-state index >= 15 is 0 Å². The summed E-state index contributed by atoms with van der Waals surface area (Å²) < 4.78 is 12.6. The van der Waals surface area contributed by atoms with Crippen molar-refractivity contribution in [2.45, 2.75) is 26.9 Å². The smallest absolute Gasteiger partial charge is 0.249 e. The van der Waals surface area contributed by atoms with Crippen molar-refractivity contribution < 1.29 is 19.1 Å². The number of ether oxygens (including phenoxy) is 2. The van der Waals surface area contributed by atoms with Gasteiger partial charge < -0.3 is 14.8 Å². The molecular weight excluding hydrogens is 534 g/mol. The molecule has 35 heavy (non-hydrogen) atoms. The molecule has 0 atom stereocenters. The fourth-order valence-electron chi connectivity index (χ4n) is 2.97. The molecule has 0 aliphatic carbocycles. The van der Waals surface area contributed by atoms with Crippen LogP contribution in [0, 0.1) is 6.92 Å². The van der Waals surface area contributed by atoms with Gasteiger partial charge in [-0.15, -0.1) is 0 Å². The summed E-state index contributed by atoms with van der Waals surface area (Å²) in [5.41, 5.74) is 5.50. The zero-order valence-electron chi connectivity index (χ0n) is 19.3. The Bertz CT molecular complexity index is 1220. The van der Waals surface area contributed by atoms with Crippen molar-refractivity contribution in [2.24, 2.45) is 5.10 Å². The van der Waals surface area contributed by atoms with Gasteiger partial charge in [-0.25, -0.2) is 5.43 Å². The monoisotopic (exact) mass is 557 g/mol. The van der Waals surface area contributed by atoms with Gasteiger partial charge in [-0.1, -0.05) is 45.7 Å². The number of anilines is 1. The third-order valence-corrected chi connectivity index (χ3v) is 5.69. The highest BCUT2D eigenvalue weighted by molar-refractivity contribution is 9.10. The number of amides is 2. The van der Waals surface area contributed by atoms with Crippen LogP contribution in [0.15, 0.2) is 70.2 Å². The molecule has 0 bridgehead atoms. The number of nitrogens with one attached hydrogen (secondary N) is 2. The zero-order valence-corrected chi connectivity index (χ0v) is 21.7. The van der Waals surface area contributed by atoms with Gasteiger partial charge in [0.15, 0.2) is 11.5 Å². The van der Waals surface area contributed by atoms with Crippen molar-refractivity contribution in [3.8, 4) is 11.5 Å². The van der Waals surface area contributed by atoms with Gasteiger partial charge in [-0.2, -0.15) is 5.10 Å². The lowest BCUT2D eigenvalue weighted by molar-refractivity contribution is -0.126. The summed E-state index contributed by atoms with van der Waals surface area (Å²) in [5, 5.41) is 7.10.